The Balaban J connectivity index is 2.67. The van der Waals surface area contributed by atoms with Crippen LogP contribution in [0, 0.1) is 11.8 Å². The molecule has 0 aromatic carbocycles. The fourth-order valence-corrected chi connectivity index (χ4v) is 0.344. The third kappa shape index (κ3) is 0.395. The zero-order chi connectivity index (χ0) is 4.62. The molecule has 0 saturated carbocycles. The largest absolute Gasteiger partial charge is 0.377 e. The number of aliphatic hydroxyl groups is 1. The maximum absolute atomic E-state index is 8.74. The van der Waals surface area contributed by atoms with E-state index in [1.165, 1.54) is 0 Å². The number of hydrogen-bond acceptors (Lipinski definition) is 1. The van der Waals surface area contributed by atoms with Crippen molar-refractivity contribution in [2.75, 3.05) is 0 Å². The summed E-state index contributed by atoms with van der Waals surface area (Å²) in [7, 11) is 0. The van der Waals surface area contributed by atoms with Gasteiger partial charge in [-0.3, -0.25) is 0 Å². The molecule has 0 saturated heterocycles. The van der Waals surface area contributed by atoms with E-state index in [0.29, 0.717) is 6.42 Å². The van der Waals surface area contributed by atoms with Crippen LogP contribution in [0.3, 0.4) is 0 Å². The Bertz CT molecular complexity index is 114. The summed E-state index contributed by atoms with van der Waals surface area (Å²) >= 11 is 0. The van der Waals surface area contributed by atoms with Gasteiger partial charge in [0.15, 0.2) is 0 Å². The van der Waals surface area contributed by atoms with Crippen molar-refractivity contribution in [1.82, 2.24) is 0 Å². The number of rotatable bonds is 0. The molecule has 1 unspecified atom stereocenters. The van der Waals surface area contributed by atoms with Gasteiger partial charge < -0.3 is 5.11 Å². The Kier molecular flexibility index (Phi) is 0.476. The summed E-state index contributed by atoms with van der Waals surface area (Å²) in [6, 6.07) is 0. The molecule has 1 nitrogen and oxygen atoms in total. The molecular formula is C5H6O. The lowest BCUT2D eigenvalue weighted by Crippen LogP contribution is -2.25. The van der Waals surface area contributed by atoms with E-state index in [9.17, 15) is 0 Å². The van der Waals surface area contributed by atoms with Gasteiger partial charge in [0.25, 0.3) is 0 Å². The summed E-state index contributed by atoms with van der Waals surface area (Å²) in [5.74, 6) is 5.29. The lowest BCUT2D eigenvalue weighted by atomic mass is 9.96. The molecule has 0 heterocycles. The Hall–Kier alpha value is -0.480. The summed E-state index contributed by atoms with van der Waals surface area (Å²) in [4.78, 5) is 0. The van der Waals surface area contributed by atoms with Crippen LogP contribution in [-0.4, -0.2) is 10.7 Å². The summed E-state index contributed by atoms with van der Waals surface area (Å²) in [5, 5.41) is 8.74. The van der Waals surface area contributed by atoms with Gasteiger partial charge in [-0.05, 0) is 6.92 Å². The van der Waals surface area contributed by atoms with Crippen molar-refractivity contribution in [3.8, 4) is 11.8 Å². The molecule has 1 aliphatic rings. The normalized spacial score (nSPS) is 39.7. The van der Waals surface area contributed by atoms with Gasteiger partial charge in [0, 0.05) is 6.42 Å². The molecule has 0 bridgehead atoms. The Morgan fingerprint density at radius 2 is 2.17 bits per heavy atom. The van der Waals surface area contributed by atoms with Gasteiger partial charge in [0.2, 0.25) is 0 Å². The molecule has 0 spiro atoms. The fraction of sp³-hybridized carbons (Fsp3) is 0.600. The topological polar surface area (TPSA) is 20.2 Å². The highest BCUT2D eigenvalue weighted by Crippen LogP contribution is 2.12. The highest BCUT2D eigenvalue weighted by Gasteiger charge is 2.20. The van der Waals surface area contributed by atoms with Crippen molar-refractivity contribution in [2.24, 2.45) is 0 Å². The summed E-state index contributed by atoms with van der Waals surface area (Å²) in [5.41, 5.74) is -0.639. The third-order valence-electron chi connectivity index (χ3n) is 0.790. The van der Waals surface area contributed by atoms with Crippen molar-refractivity contribution in [3.05, 3.63) is 0 Å². The SMILES string of the molecule is CC1(O)C#CC1. The molecule has 1 N–H and O–H groups in total. The van der Waals surface area contributed by atoms with E-state index in [1.54, 1.807) is 6.92 Å². The predicted molar refractivity (Wildman–Crippen MR) is 23.0 cm³/mol. The summed E-state index contributed by atoms with van der Waals surface area (Å²) in [6.07, 6.45) is 0.646. The highest BCUT2D eigenvalue weighted by molar-refractivity contribution is 5.25. The van der Waals surface area contributed by atoms with Crippen molar-refractivity contribution < 1.29 is 5.11 Å². The zero-order valence-electron chi connectivity index (χ0n) is 3.65. The Labute approximate surface area is 37.0 Å². The van der Waals surface area contributed by atoms with Crippen LogP contribution in [0.15, 0.2) is 0 Å². The Morgan fingerprint density at radius 1 is 1.83 bits per heavy atom. The average molecular weight is 82.1 g/mol. The molecule has 1 rings (SSSR count). The maximum atomic E-state index is 8.74. The van der Waals surface area contributed by atoms with Crippen molar-refractivity contribution in [1.29, 1.82) is 0 Å². The van der Waals surface area contributed by atoms with E-state index < -0.39 is 5.60 Å². The standard InChI is InChI=1S/C5H6O/c1-5(6)3-2-4-5/h6H,3H2,1H3. The van der Waals surface area contributed by atoms with E-state index in [0.717, 1.165) is 0 Å². The van der Waals surface area contributed by atoms with E-state index in [2.05, 4.69) is 11.8 Å². The van der Waals surface area contributed by atoms with Crippen LogP contribution < -0.4 is 0 Å². The molecule has 1 aliphatic carbocycles. The first-order valence-electron chi connectivity index (χ1n) is 1.93. The van der Waals surface area contributed by atoms with E-state index in [1.807, 2.05) is 0 Å². The first kappa shape index (κ1) is 3.70. The number of hydrogen-bond donors (Lipinski definition) is 1. The molecule has 0 fully saturated rings. The summed E-state index contributed by atoms with van der Waals surface area (Å²) < 4.78 is 0. The minimum absolute atomic E-state index is 0.639. The van der Waals surface area contributed by atoms with E-state index in [4.69, 9.17) is 5.11 Å². The van der Waals surface area contributed by atoms with Gasteiger partial charge >= 0.3 is 0 Å². The first-order valence-corrected chi connectivity index (χ1v) is 1.93. The van der Waals surface area contributed by atoms with Gasteiger partial charge in [0.05, 0.1) is 0 Å². The predicted octanol–water partition coefficient (Wildman–Crippen LogP) is 0.144. The molecule has 0 aromatic rings. The van der Waals surface area contributed by atoms with Crippen LogP contribution in [-0.2, 0) is 0 Å². The van der Waals surface area contributed by atoms with Gasteiger partial charge in [0.1, 0.15) is 5.60 Å². The average Bonchev–Trinajstić information content (AvgIpc) is 1.32. The molecule has 1 atom stereocenters. The fourth-order valence-electron chi connectivity index (χ4n) is 0.344. The minimum Gasteiger partial charge on any atom is -0.377 e. The quantitative estimate of drug-likeness (QED) is 0.412. The molecule has 1 heteroatoms. The zero-order valence-corrected chi connectivity index (χ0v) is 3.65. The van der Waals surface area contributed by atoms with Crippen molar-refractivity contribution in [2.45, 2.75) is 18.9 Å². The summed E-state index contributed by atoms with van der Waals surface area (Å²) in [6.45, 7) is 1.71. The van der Waals surface area contributed by atoms with Crippen LogP contribution in [0.2, 0.25) is 0 Å². The first-order chi connectivity index (χ1) is 2.71. The van der Waals surface area contributed by atoms with Gasteiger partial charge in [-0.1, -0.05) is 11.8 Å². The second-order valence-corrected chi connectivity index (χ2v) is 1.75. The van der Waals surface area contributed by atoms with Gasteiger partial charge in [-0.15, -0.1) is 0 Å². The van der Waals surface area contributed by atoms with Crippen molar-refractivity contribution >= 4 is 0 Å². The second-order valence-electron chi connectivity index (χ2n) is 1.75. The van der Waals surface area contributed by atoms with Crippen LogP contribution in [0.5, 0.6) is 0 Å². The van der Waals surface area contributed by atoms with Gasteiger partial charge in [-0.25, -0.2) is 0 Å². The monoisotopic (exact) mass is 82.0 g/mol. The molecule has 0 radical (unpaired) electrons. The van der Waals surface area contributed by atoms with Crippen LogP contribution >= 0.6 is 0 Å². The molecule has 32 valence electrons. The van der Waals surface area contributed by atoms with Crippen molar-refractivity contribution in [3.63, 3.8) is 0 Å². The smallest absolute Gasteiger partial charge is 0.133 e. The molecule has 0 amide bonds. The lowest BCUT2D eigenvalue weighted by Gasteiger charge is -2.17. The van der Waals surface area contributed by atoms with Gasteiger partial charge in [-0.2, -0.15) is 0 Å². The molecule has 0 aromatic heterocycles. The minimum atomic E-state index is -0.639. The Morgan fingerprint density at radius 3 is 2.17 bits per heavy atom. The molecule has 0 aliphatic heterocycles. The van der Waals surface area contributed by atoms with E-state index in [-0.39, 0.29) is 0 Å². The van der Waals surface area contributed by atoms with Crippen LogP contribution in [0.4, 0.5) is 0 Å². The van der Waals surface area contributed by atoms with Crippen LogP contribution in [0.25, 0.3) is 0 Å². The molecule has 6 heavy (non-hydrogen) atoms. The third-order valence-corrected chi connectivity index (χ3v) is 0.790. The van der Waals surface area contributed by atoms with Crippen LogP contribution in [0.1, 0.15) is 13.3 Å². The molecular weight excluding hydrogens is 76.1 g/mol. The second kappa shape index (κ2) is 0.772. The maximum Gasteiger partial charge on any atom is 0.133 e. The highest BCUT2D eigenvalue weighted by atomic mass is 16.3. The lowest BCUT2D eigenvalue weighted by molar-refractivity contribution is 0.117. The van der Waals surface area contributed by atoms with E-state index >= 15 is 0 Å².